The lowest BCUT2D eigenvalue weighted by molar-refractivity contribution is -0.139. The first-order chi connectivity index (χ1) is 12.1. The molecule has 2 fully saturated rings. The van der Waals surface area contributed by atoms with Crippen LogP contribution in [0.25, 0.3) is 0 Å². The van der Waals surface area contributed by atoms with Crippen LogP contribution in [0.2, 0.25) is 0 Å². The predicted molar refractivity (Wildman–Crippen MR) is 95.8 cm³/mol. The number of hydrogen-bond donors (Lipinski definition) is 0. The second-order valence-electron chi connectivity index (χ2n) is 7.12. The molecule has 1 spiro atoms. The second kappa shape index (κ2) is 8.19. The van der Waals surface area contributed by atoms with E-state index in [1.54, 1.807) is 7.11 Å². The van der Waals surface area contributed by atoms with E-state index < -0.39 is 0 Å². The highest BCUT2D eigenvalue weighted by molar-refractivity contribution is 5.78. The molecule has 0 aromatic heterocycles. The van der Waals surface area contributed by atoms with Crippen LogP contribution in [0.15, 0.2) is 24.3 Å². The van der Waals surface area contributed by atoms with Crippen LogP contribution in [0, 0.1) is 12.8 Å². The highest BCUT2D eigenvalue weighted by atomic mass is 16.5. The standard InChI is InChI=1S/C20H29NO4/c1-16-5-3-4-6-18(16)24-15-19(22)21-11-9-20(10-12-21)17(7-13-23-2)8-14-25-20/h3-6,17H,7-15H2,1-2H3/t17-/m0/s1. The van der Waals surface area contributed by atoms with E-state index in [9.17, 15) is 4.79 Å². The molecule has 2 aliphatic rings. The fourth-order valence-electron chi connectivity index (χ4n) is 4.09. The van der Waals surface area contributed by atoms with Crippen molar-refractivity contribution in [3.05, 3.63) is 29.8 Å². The van der Waals surface area contributed by atoms with Crippen molar-refractivity contribution in [2.45, 2.75) is 38.2 Å². The summed E-state index contributed by atoms with van der Waals surface area (Å²) in [7, 11) is 1.75. The summed E-state index contributed by atoms with van der Waals surface area (Å²) in [4.78, 5) is 14.4. The minimum Gasteiger partial charge on any atom is -0.484 e. The molecule has 1 atom stereocenters. The fraction of sp³-hybridized carbons (Fsp3) is 0.650. The molecule has 0 aliphatic carbocycles. The quantitative estimate of drug-likeness (QED) is 0.794. The highest BCUT2D eigenvalue weighted by Gasteiger charge is 2.46. The van der Waals surface area contributed by atoms with Crippen LogP contribution in [-0.4, -0.2) is 56.4 Å². The summed E-state index contributed by atoms with van der Waals surface area (Å²) in [5, 5.41) is 0. The van der Waals surface area contributed by atoms with Gasteiger partial charge in [0.1, 0.15) is 5.75 Å². The number of hydrogen-bond acceptors (Lipinski definition) is 4. The molecule has 5 nitrogen and oxygen atoms in total. The summed E-state index contributed by atoms with van der Waals surface area (Å²) in [6.07, 6.45) is 3.98. The molecule has 2 saturated heterocycles. The van der Waals surface area contributed by atoms with Crippen LogP contribution in [0.5, 0.6) is 5.75 Å². The number of rotatable bonds is 6. The molecule has 0 bridgehead atoms. The van der Waals surface area contributed by atoms with Gasteiger partial charge in [-0.3, -0.25) is 4.79 Å². The molecule has 0 saturated carbocycles. The molecular weight excluding hydrogens is 318 g/mol. The van der Waals surface area contributed by atoms with Gasteiger partial charge < -0.3 is 19.1 Å². The fourth-order valence-corrected chi connectivity index (χ4v) is 4.09. The Morgan fingerprint density at radius 1 is 1.32 bits per heavy atom. The second-order valence-corrected chi connectivity index (χ2v) is 7.12. The largest absolute Gasteiger partial charge is 0.484 e. The van der Waals surface area contributed by atoms with Gasteiger partial charge >= 0.3 is 0 Å². The molecule has 3 rings (SSSR count). The average molecular weight is 347 g/mol. The van der Waals surface area contributed by atoms with Crippen molar-refractivity contribution in [1.29, 1.82) is 0 Å². The van der Waals surface area contributed by atoms with Gasteiger partial charge in [0.25, 0.3) is 5.91 Å². The van der Waals surface area contributed by atoms with E-state index in [1.807, 2.05) is 36.1 Å². The third-order valence-electron chi connectivity index (χ3n) is 5.68. The Morgan fingerprint density at radius 2 is 2.08 bits per heavy atom. The van der Waals surface area contributed by atoms with Gasteiger partial charge in [0.05, 0.1) is 5.60 Å². The van der Waals surface area contributed by atoms with Crippen molar-refractivity contribution in [1.82, 2.24) is 4.90 Å². The van der Waals surface area contributed by atoms with Crippen molar-refractivity contribution >= 4 is 5.91 Å². The highest BCUT2D eigenvalue weighted by Crippen LogP contribution is 2.42. The Balaban J connectivity index is 1.50. The van der Waals surface area contributed by atoms with Crippen LogP contribution < -0.4 is 4.74 Å². The van der Waals surface area contributed by atoms with Gasteiger partial charge in [-0.15, -0.1) is 0 Å². The summed E-state index contributed by atoms with van der Waals surface area (Å²) >= 11 is 0. The number of aryl methyl sites for hydroxylation is 1. The Morgan fingerprint density at radius 3 is 2.80 bits per heavy atom. The zero-order valence-electron chi connectivity index (χ0n) is 15.3. The number of piperidine rings is 1. The van der Waals surface area contributed by atoms with Crippen molar-refractivity contribution in [3.63, 3.8) is 0 Å². The summed E-state index contributed by atoms with van der Waals surface area (Å²) in [5.74, 6) is 1.39. The van der Waals surface area contributed by atoms with E-state index in [0.29, 0.717) is 5.92 Å². The molecule has 0 radical (unpaired) electrons. The molecule has 1 aromatic rings. The van der Waals surface area contributed by atoms with Gasteiger partial charge in [-0.1, -0.05) is 18.2 Å². The molecule has 25 heavy (non-hydrogen) atoms. The number of amides is 1. The van der Waals surface area contributed by atoms with Crippen LogP contribution in [-0.2, 0) is 14.3 Å². The summed E-state index contributed by atoms with van der Waals surface area (Å²) in [6.45, 7) is 5.20. The van der Waals surface area contributed by atoms with Crippen molar-refractivity contribution < 1.29 is 19.0 Å². The van der Waals surface area contributed by atoms with Gasteiger partial charge in [-0.2, -0.15) is 0 Å². The number of benzene rings is 1. The Labute approximate surface area is 150 Å². The molecule has 0 unspecified atom stereocenters. The number of para-hydroxylation sites is 1. The smallest absolute Gasteiger partial charge is 0.260 e. The summed E-state index contributed by atoms with van der Waals surface area (Å²) in [5.41, 5.74) is 1.000. The van der Waals surface area contributed by atoms with Crippen LogP contribution in [0.3, 0.4) is 0 Å². The molecule has 2 heterocycles. The minimum atomic E-state index is -0.0494. The Bertz CT molecular complexity index is 581. The molecule has 138 valence electrons. The number of likely N-dealkylation sites (tertiary alicyclic amines) is 1. The van der Waals surface area contributed by atoms with E-state index in [4.69, 9.17) is 14.2 Å². The molecule has 5 heteroatoms. The van der Waals surface area contributed by atoms with Crippen molar-refractivity contribution in [3.8, 4) is 5.75 Å². The lowest BCUT2D eigenvalue weighted by Crippen LogP contribution is -2.50. The third-order valence-corrected chi connectivity index (χ3v) is 5.68. The first-order valence-electron chi connectivity index (χ1n) is 9.24. The lowest BCUT2D eigenvalue weighted by atomic mass is 9.78. The zero-order valence-corrected chi connectivity index (χ0v) is 15.3. The molecule has 2 aliphatic heterocycles. The number of nitrogens with zero attached hydrogens (tertiary/aromatic N) is 1. The van der Waals surface area contributed by atoms with E-state index in [1.165, 1.54) is 0 Å². The van der Waals surface area contributed by atoms with Crippen molar-refractivity contribution in [2.24, 2.45) is 5.92 Å². The van der Waals surface area contributed by atoms with E-state index in [2.05, 4.69) is 0 Å². The van der Waals surface area contributed by atoms with Gasteiger partial charge in [0, 0.05) is 33.4 Å². The van der Waals surface area contributed by atoms with Crippen LogP contribution in [0.1, 0.15) is 31.2 Å². The first-order valence-corrected chi connectivity index (χ1v) is 9.24. The molecule has 1 aromatic carbocycles. The SMILES string of the molecule is COCC[C@H]1CCOC12CCN(C(=O)COc1ccccc1C)CC2. The predicted octanol–water partition coefficient (Wildman–Crippen LogP) is 2.81. The van der Waals surface area contributed by atoms with Gasteiger partial charge in [0.15, 0.2) is 6.61 Å². The molecule has 0 N–H and O–H groups in total. The number of carbonyl (C=O) groups is 1. The third kappa shape index (κ3) is 4.15. The van der Waals surface area contributed by atoms with Gasteiger partial charge in [-0.25, -0.2) is 0 Å². The van der Waals surface area contributed by atoms with Crippen LogP contribution >= 0.6 is 0 Å². The number of methoxy groups -OCH3 is 1. The first kappa shape index (κ1) is 18.2. The Hall–Kier alpha value is -1.59. The van der Waals surface area contributed by atoms with E-state index in [0.717, 1.165) is 63.3 Å². The van der Waals surface area contributed by atoms with E-state index >= 15 is 0 Å². The van der Waals surface area contributed by atoms with Crippen LogP contribution in [0.4, 0.5) is 0 Å². The summed E-state index contributed by atoms with van der Waals surface area (Å²) < 4.78 is 17.1. The normalized spacial score (nSPS) is 22.3. The van der Waals surface area contributed by atoms with Gasteiger partial charge in [0.2, 0.25) is 0 Å². The summed E-state index contributed by atoms with van der Waals surface area (Å²) in [6, 6.07) is 7.79. The van der Waals surface area contributed by atoms with E-state index in [-0.39, 0.29) is 18.1 Å². The maximum atomic E-state index is 12.5. The Kier molecular flexibility index (Phi) is 5.97. The average Bonchev–Trinajstić information content (AvgIpc) is 3.01. The minimum absolute atomic E-state index is 0.0494. The monoisotopic (exact) mass is 347 g/mol. The zero-order chi connectivity index (χ0) is 17.7. The number of carbonyl (C=O) groups excluding carboxylic acids is 1. The maximum absolute atomic E-state index is 12.5. The van der Waals surface area contributed by atoms with Crippen molar-refractivity contribution in [2.75, 3.05) is 40.0 Å². The maximum Gasteiger partial charge on any atom is 0.260 e. The molecule has 1 amide bonds. The lowest BCUT2D eigenvalue weighted by Gasteiger charge is -2.42. The molecular formula is C20H29NO4. The topological polar surface area (TPSA) is 48.0 Å². The van der Waals surface area contributed by atoms with Gasteiger partial charge in [-0.05, 0) is 50.2 Å². The number of ether oxygens (including phenoxy) is 3.